The van der Waals surface area contributed by atoms with Crippen LogP contribution < -0.4 is 0 Å². The minimum atomic E-state index is 0.822. The summed E-state index contributed by atoms with van der Waals surface area (Å²) in [6, 6.07) is 42.2. The Kier molecular flexibility index (Phi) is 6.02. The highest BCUT2D eigenvalue weighted by atomic mass is 16.3. The quantitative estimate of drug-likeness (QED) is 0.229. The standard InChI is InChI=1S/C37H26N2O/c1-25-31(16-17-36-33(25)23-37(40-36)30-13-8-19-38-24-30)34-21-29(14-15-32(34)27-11-6-3-7-12-27)35-22-28(18-20-39-35)26-9-4-2-5-10-26/h2-24H,1H3. The summed E-state index contributed by atoms with van der Waals surface area (Å²) < 4.78 is 6.24. The molecule has 3 heterocycles. The summed E-state index contributed by atoms with van der Waals surface area (Å²) in [6.07, 6.45) is 5.50. The van der Waals surface area contributed by atoms with Crippen molar-refractivity contribution in [3.63, 3.8) is 0 Å². The zero-order chi connectivity index (χ0) is 26.9. The van der Waals surface area contributed by atoms with E-state index in [0.29, 0.717) is 0 Å². The molecule has 0 saturated carbocycles. The normalized spacial score (nSPS) is 11.1. The van der Waals surface area contributed by atoms with Gasteiger partial charge in [0.15, 0.2) is 0 Å². The molecule has 0 aliphatic rings. The van der Waals surface area contributed by atoms with Crippen molar-refractivity contribution in [3.05, 3.63) is 145 Å². The molecule has 3 nitrogen and oxygen atoms in total. The summed E-state index contributed by atoms with van der Waals surface area (Å²) in [4.78, 5) is 9.02. The summed E-state index contributed by atoms with van der Waals surface area (Å²) >= 11 is 0. The number of hydrogen-bond acceptors (Lipinski definition) is 3. The Morgan fingerprint density at radius 3 is 2.05 bits per heavy atom. The van der Waals surface area contributed by atoms with Gasteiger partial charge in [-0.25, -0.2) is 0 Å². The van der Waals surface area contributed by atoms with E-state index in [1.165, 1.54) is 33.4 Å². The number of hydrogen-bond donors (Lipinski definition) is 0. The average Bonchev–Trinajstić information content (AvgIpc) is 3.48. The largest absolute Gasteiger partial charge is 0.456 e. The Morgan fingerprint density at radius 1 is 0.525 bits per heavy atom. The molecule has 0 spiro atoms. The summed E-state index contributed by atoms with van der Waals surface area (Å²) in [7, 11) is 0. The Labute approximate surface area is 233 Å². The van der Waals surface area contributed by atoms with Gasteiger partial charge in [-0.15, -0.1) is 0 Å². The molecular formula is C37H26N2O. The topological polar surface area (TPSA) is 38.9 Å². The van der Waals surface area contributed by atoms with Gasteiger partial charge in [0.2, 0.25) is 0 Å². The molecule has 7 aromatic rings. The van der Waals surface area contributed by atoms with E-state index < -0.39 is 0 Å². The lowest BCUT2D eigenvalue weighted by Gasteiger charge is -2.15. The number of aryl methyl sites for hydroxylation is 1. The molecule has 0 N–H and O–H groups in total. The first-order valence-electron chi connectivity index (χ1n) is 13.4. The number of aromatic nitrogens is 2. The molecule has 190 valence electrons. The number of furan rings is 1. The van der Waals surface area contributed by atoms with Crippen LogP contribution in [0.3, 0.4) is 0 Å². The first-order chi connectivity index (χ1) is 19.7. The number of pyridine rings is 2. The van der Waals surface area contributed by atoms with E-state index in [0.717, 1.165) is 39.1 Å². The van der Waals surface area contributed by atoms with Crippen LogP contribution in [0.2, 0.25) is 0 Å². The van der Waals surface area contributed by atoms with Gasteiger partial charge < -0.3 is 4.42 Å². The van der Waals surface area contributed by atoms with Gasteiger partial charge in [0.1, 0.15) is 11.3 Å². The van der Waals surface area contributed by atoms with Crippen LogP contribution in [0.5, 0.6) is 0 Å². The SMILES string of the molecule is Cc1c(-c2cc(-c3cc(-c4ccccc4)ccn3)ccc2-c2ccccc2)ccc2oc(-c3cccnc3)cc12. The number of rotatable bonds is 5. The van der Waals surface area contributed by atoms with Crippen molar-refractivity contribution >= 4 is 11.0 Å². The van der Waals surface area contributed by atoms with Crippen molar-refractivity contribution in [1.29, 1.82) is 0 Å². The van der Waals surface area contributed by atoms with Gasteiger partial charge in [0.05, 0.1) is 5.69 Å². The third-order valence-electron chi connectivity index (χ3n) is 7.47. The molecule has 7 rings (SSSR count). The first kappa shape index (κ1) is 23.8. The van der Waals surface area contributed by atoms with Crippen LogP contribution >= 0.6 is 0 Å². The van der Waals surface area contributed by atoms with Crippen molar-refractivity contribution in [2.24, 2.45) is 0 Å². The molecular weight excluding hydrogens is 488 g/mol. The minimum Gasteiger partial charge on any atom is -0.456 e. The van der Waals surface area contributed by atoms with E-state index in [2.05, 4.69) is 115 Å². The zero-order valence-electron chi connectivity index (χ0n) is 22.1. The Balaban J connectivity index is 1.39. The molecule has 3 heteroatoms. The lowest BCUT2D eigenvalue weighted by atomic mass is 9.89. The highest BCUT2D eigenvalue weighted by Gasteiger charge is 2.16. The van der Waals surface area contributed by atoms with Crippen molar-refractivity contribution in [2.45, 2.75) is 6.92 Å². The molecule has 0 bridgehead atoms. The predicted octanol–water partition coefficient (Wildman–Crippen LogP) is 9.87. The fraction of sp³-hybridized carbons (Fsp3) is 0.0270. The van der Waals surface area contributed by atoms with E-state index in [1.807, 2.05) is 30.6 Å². The number of nitrogens with zero attached hydrogens (tertiary/aromatic N) is 2. The number of fused-ring (bicyclic) bond motifs is 1. The molecule has 40 heavy (non-hydrogen) atoms. The van der Waals surface area contributed by atoms with Gasteiger partial charge in [-0.05, 0) is 88.3 Å². The Bertz CT molecular complexity index is 1940. The van der Waals surface area contributed by atoms with Gasteiger partial charge in [0.25, 0.3) is 0 Å². The Morgan fingerprint density at radius 2 is 1.27 bits per heavy atom. The van der Waals surface area contributed by atoms with Crippen molar-refractivity contribution in [2.75, 3.05) is 0 Å². The van der Waals surface area contributed by atoms with Crippen LogP contribution in [-0.4, -0.2) is 9.97 Å². The molecule has 0 unspecified atom stereocenters. The number of benzene rings is 4. The van der Waals surface area contributed by atoms with Crippen LogP contribution in [0.1, 0.15) is 5.56 Å². The molecule has 0 fully saturated rings. The summed E-state index contributed by atoms with van der Waals surface area (Å²) in [5.41, 5.74) is 12.1. The second-order valence-electron chi connectivity index (χ2n) is 9.92. The smallest absolute Gasteiger partial charge is 0.136 e. The molecule has 4 aromatic carbocycles. The van der Waals surface area contributed by atoms with Crippen molar-refractivity contribution in [1.82, 2.24) is 9.97 Å². The zero-order valence-corrected chi connectivity index (χ0v) is 22.1. The maximum Gasteiger partial charge on any atom is 0.136 e. The fourth-order valence-electron chi connectivity index (χ4n) is 5.39. The van der Waals surface area contributed by atoms with Crippen molar-refractivity contribution < 1.29 is 4.42 Å². The first-order valence-corrected chi connectivity index (χ1v) is 13.4. The second-order valence-corrected chi connectivity index (χ2v) is 9.92. The monoisotopic (exact) mass is 514 g/mol. The van der Waals surface area contributed by atoms with Crippen LogP contribution in [0.15, 0.2) is 144 Å². The van der Waals surface area contributed by atoms with Crippen LogP contribution in [0.25, 0.3) is 66.9 Å². The molecule has 0 amide bonds. The molecule has 0 saturated heterocycles. The minimum absolute atomic E-state index is 0.822. The lowest BCUT2D eigenvalue weighted by molar-refractivity contribution is 0.631. The third kappa shape index (κ3) is 4.38. The predicted molar refractivity (Wildman–Crippen MR) is 164 cm³/mol. The maximum absolute atomic E-state index is 6.24. The van der Waals surface area contributed by atoms with E-state index in [4.69, 9.17) is 9.40 Å². The Hall–Kier alpha value is -5.28. The summed E-state index contributed by atoms with van der Waals surface area (Å²) in [5, 5.41) is 1.10. The third-order valence-corrected chi connectivity index (χ3v) is 7.47. The highest BCUT2D eigenvalue weighted by molar-refractivity contribution is 5.95. The average molecular weight is 515 g/mol. The lowest BCUT2D eigenvalue weighted by Crippen LogP contribution is -1.92. The second kappa shape index (κ2) is 10.1. The molecule has 0 radical (unpaired) electrons. The van der Waals surface area contributed by atoms with Gasteiger partial charge >= 0.3 is 0 Å². The van der Waals surface area contributed by atoms with E-state index >= 15 is 0 Å². The van der Waals surface area contributed by atoms with Gasteiger partial charge in [-0.3, -0.25) is 9.97 Å². The van der Waals surface area contributed by atoms with Gasteiger partial charge in [0, 0.05) is 35.1 Å². The highest BCUT2D eigenvalue weighted by Crippen LogP contribution is 2.40. The summed E-state index contributed by atoms with van der Waals surface area (Å²) in [5.74, 6) is 0.822. The molecule has 0 aliphatic heterocycles. The van der Waals surface area contributed by atoms with Crippen LogP contribution in [0, 0.1) is 6.92 Å². The van der Waals surface area contributed by atoms with Gasteiger partial charge in [-0.2, -0.15) is 0 Å². The van der Waals surface area contributed by atoms with Crippen LogP contribution in [-0.2, 0) is 0 Å². The van der Waals surface area contributed by atoms with E-state index in [9.17, 15) is 0 Å². The van der Waals surface area contributed by atoms with E-state index in [-0.39, 0.29) is 0 Å². The molecule has 0 atom stereocenters. The van der Waals surface area contributed by atoms with E-state index in [1.54, 1.807) is 6.20 Å². The molecule has 0 aliphatic carbocycles. The van der Waals surface area contributed by atoms with Crippen molar-refractivity contribution in [3.8, 4) is 56.0 Å². The maximum atomic E-state index is 6.24. The van der Waals surface area contributed by atoms with Crippen LogP contribution in [0.4, 0.5) is 0 Å². The fourth-order valence-corrected chi connectivity index (χ4v) is 5.39. The van der Waals surface area contributed by atoms with Gasteiger partial charge in [-0.1, -0.05) is 78.9 Å². The molecule has 3 aromatic heterocycles. The summed E-state index contributed by atoms with van der Waals surface area (Å²) in [6.45, 7) is 2.18.